The summed E-state index contributed by atoms with van der Waals surface area (Å²) in [6.07, 6.45) is 6.37. The minimum Gasteiger partial charge on any atom is -0.458 e. The Bertz CT molecular complexity index is 731. The van der Waals surface area contributed by atoms with E-state index in [2.05, 4.69) is 6.58 Å². The normalized spacial score (nSPS) is 39.8. The highest BCUT2D eigenvalue weighted by atomic mass is 16.6. The van der Waals surface area contributed by atoms with Crippen molar-refractivity contribution in [1.82, 2.24) is 0 Å². The van der Waals surface area contributed by atoms with Gasteiger partial charge in [0.2, 0.25) is 0 Å². The van der Waals surface area contributed by atoms with Crippen molar-refractivity contribution in [2.24, 2.45) is 5.92 Å². The van der Waals surface area contributed by atoms with Gasteiger partial charge in [-0.3, -0.25) is 0 Å². The molecule has 0 saturated carbocycles. The highest BCUT2D eigenvalue weighted by Gasteiger charge is 2.56. The van der Waals surface area contributed by atoms with Gasteiger partial charge >= 0.3 is 11.9 Å². The third-order valence-corrected chi connectivity index (χ3v) is 5.21. The SMILES string of the molecule is C=C1C(=O)O[C@H]2/C=C(C)\C=C/[C@H]3O[C@]3(C)C[C@@H](OC(=O)/C(=C\C)CO)[C@@H]12. The lowest BCUT2D eigenvalue weighted by atomic mass is 9.83. The van der Waals surface area contributed by atoms with Gasteiger partial charge < -0.3 is 19.3 Å². The number of epoxide rings is 1. The molecule has 0 aromatic carbocycles. The number of aliphatic hydroxyl groups is 1. The topological polar surface area (TPSA) is 85.4 Å². The summed E-state index contributed by atoms with van der Waals surface area (Å²) >= 11 is 0. The molecule has 1 N–H and O–H groups in total. The summed E-state index contributed by atoms with van der Waals surface area (Å²) in [6, 6.07) is 0. The first-order valence-corrected chi connectivity index (χ1v) is 8.70. The van der Waals surface area contributed by atoms with Crippen LogP contribution in [0.1, 0.15) is 27.2 Å². The molecule has 0 bridgehead atoms. The third-order valence-electron chi connectivity index (χ3n) is 5.21. The number of esters is 2. The first kappa shape index (κ1) is 18.6. The number of rotatable bonds is 3. The van der Waals surface area contributed by atoms with Gasteiger partial charge in [0, 0.05) is 12.0 Å². The minimum atomic E-state index is -0.654. The molecule has 2 aliphatic heterocycles. The van der Waals surface area contributed by atoms with Crippen LogP contribution in [0.15, 0.2) is 47.6 Å². The van der Waals surface area contributed by atoms with E-state index >= 15 is 0 Å². The van der Waals surface area contributed by atoms with E-state index in [9.17, 15) is 14.7 Å². The summed E-state index contributed by atoms with van der Waals surface area (Å²) < 4.78 is 16.9. The molecule has 6 heteroatoms. The standard InChI is InChI=1S/C20H24O6/c1-5-13(10-21)19(23)25-15-9-20(4)16(26-20)7-6-11(2)8-14-17(15)12(3)18(22)24-14/h5-8,14-17,21H,3,9-10H2,1-2,4H3/b7-6-,11-8-,13-5-/t14-,15+,16+,17-,20+/m0/s1. The monoisotopic (exact) mass is 360 g/mol. The minimum absolute atomic E-state index is 0.0751. The Morgan fingerprint density at radius 2 is 2.27 bits per heavy atom. The Kier molecular flexibility index (Phi) is 4.90. The van der Waals surface area contributed by atoms with Crippen molar-refractivity contribution < 1.29 is 28.9 Å². The number of fused-ring (bicyclic) bond motifs is 2. The van der Waals surface area contributed by atoms with E-state index in [1.54, 1.807) is 6.92 Å². The Morgan fingerprint density at radius 3 is 2.92 bits per heavy atom. The Balaban J connectivity index is 1.96. The Hall–Kier alpha value is -2.18. The second-order valence-electron chi connectivity index (χ2n) is 7.16. The summed E-state index contributed by atoms with van der Waals surface area (Å²) in [6.45, 7) is 8.96. The second-order valence-corrected chi connectivity index (χ2v) is 7.16. The van der Waals surface area contributed by atoms with E-state index in [1.807, 2.05) is 32.1 Å². The third kappa shape index (κ3) is 3.39. The lowest BCUT2D eigenvalue weighted by molar-refractivity contribution is -0.148. The Labute approximate surface area is 152 Å². The quantitative estimate of drug-likeness (QED) is 0.471. The molecule has 140 valence electrons. The number of carbonyl (C=O) groups is 2. The average molecular weight is 360 g/mol. The fourth-order valence-electron chi connectivity index (χ4n) is 3.53. The summed E-state index contributed by atoms with van der Waals surface area (Å²) in [5.41, 5.74) is 0.898. The van der Waals surface area contributed by atoms with E-state index in [1.165, 1.54) is 6.08 Å². The molecule has 0 amide bonds. The maximum atomic E-state index is 12.4. The van der Waals surface area contributed by atoms with Gasteiger partial charge in [0.1, 0.15) is 18.3 Å². The zero-order valence-corrected chi connectivity index (χ0v) is 15.2. The summed E-state index contributed by atoms with van der Waals surface area (Å²) in [4.78, 5) is 24.5. The molecule has 3 rings (SSSR count). The van der Waals surface area contributed by atoms with Crippen molar-refractivity contribution >= 4 is 11.9 Å². The molecule has 1 aliphatic carbocycles. The van der Waals surface area contributed by atoms with Gasteiger partial charge in [-0.1, -0.05) is 30.4 Å². The fourth-order valence-corrected chi connectivity index (χ4v) is 3.53. The van der Waals surface area contributed by atoms with Gasteiger partial charge in [0.15, 0.2) is 0 Å². The van der Waals surface area contributed by atoms with E-state index in [4.69, 9.17) is 14.2 Å². The van der Waals surface area contributed by atoms with E-state index in [0.717, 1.165) is 5.57 Å². The van der Waals surface area contributed by atoms with Crippen molar-refractivity contribution in [2.75, 3.05) is 6.61 Å². The first-order chi connectivity index (χ1) is 12.3. The van der Waals surface area contributed by atoms with Crippen LogP contribution in [-0.2, 0) is 23.8 Å². The highest BCUT2D eigenvalue weighted by molar-refractivity contribution is 5.92. The van der Waals surface area contributed by atoms with Crippen LogP contribution < -0.4 is 0 Å². The molecule has 0 radical (unpaired) electrons. The summed E-state index contributed by atoms with van der Waals surface area (Å²) in [5.74, 6) is -1.59. The van der Waals surface area contributed by atoms with Gasteiger partial charge in [0.25, 0.3) is 0 Å². The van der Waals surface area contributed by atoms with Crippen LogP contribution in [0, 0.1) is 5.92 Å². The molecule has 0 unspecified atom stereocenters. The molecule has 0 spiro atoms. The van der Waals surface area contributed by atoms with Crippen LogP contribution in [0.2, 0.25) is 0 Å². The van der Waals surface area contributed by atoms with Crippen molar-refractivity contribution in [2.45, 2.75) is 51.1 Å². The molecule has 5 atom stereocenters. The number of aliphatic hydroxyl groups excluding tert-OH is 1. The number of hydrogen-bond donors (Lipinski definition) is 1. The van der Waals surface area contributed by atoms with Crippen molar-refractivity contribution in [1.29, 1.82) is 0 Å². The second kappa shape index (κ2) is 6.85. The molecule has 0 aromatic rings. The van der Waals surface area contributed by atoms with Crippen LogP contribution in [0.25, 0.3) is 0 Å². The van der Waals surface area contributed by atoms with Gasteiger partial charge in [-0.25, -0.2) is 9.59 Å². The average Bonchev–Trinajstić information content (AvgIpc) is 3.13. The smallest absolute Gasteiger partial charge is 0.336 e. The zero-order valence-electron chi connectivity index (χ0n) is 15.2. The van der Waals surface area contributed by atoms with Gasteiger partial charge in [0.05, 0.1) is 23.7 Å². The molecule has 2 fully saturated rings. The van der Waals surface area contributed by atoms with Crippen molar-refractivity contribution in [3.8, 4) is 0 Å². The molecule has 26 heavy (non-hydrogen) atoms. The number of ether oxygens (including phenoxy) is 3. The molecule has 3 aliphatic rings. The molecular weight excluding hydrogens is 336 g/mol. The largest absolute Gasteiger partial charge is 0.458 e. The lowest BCUT2D eigenvalue weighted by Gasteiger charge is -2.28. The molecular formula is C20H24O6. The molecule has 2 saturated heterocycles. The summed E-state index contributed by atoms with van der Waals surface area (Å²) in [5, 5.41) is 9.33. The first-order valence-electron chi connectivity index (χ1n) is 8.70. The number of carbonyl (C=O) groups excluding carboxylic acids is 2. The number of allylic oxidation sites excluding steroid dienone is 3. The van der Waals surface area contributed by atoms with Crippen LogP contribution in [0.3, 0.4) is 0 Å². The Morgan fingerprint density at radius 1 is 1.54 bits per heavy atom. The lowest BCUT2D eigenvalue weighted by Crippen LogP contribution is -2.37. The molecule has 6 nitrogen and oxygen atoms in total. The van der Waals surface area contributed by atoms with Gasteiger partial charge in [-0.15, -0.1) is 0 Å². The van der Waals surface area contributed by atoms with E-state index in [-0.39, 0.29) is 17.3 Å². The van der Waals surface area contributed by atoms with Crippen LogP contribution in [-0.4, -0.2) is 47.6 Å². The highest BCUT2D eigenvalue weighted by Crippen LogP contribution is 2.46. The molecule has 2 heterocycles. The fraction of sp³-hybridized carbons (Fsp3) is 0.500. The van der Waals surface area contributed by atoms with Crippen LogP contribution in [0.4, 0.5) is 0 Å². The van der Waals surface area contributed by atoms with E-state index < -0.39 is 42.3 Å². The van der Waals surface area contributed by atoms with Crippen LogP contribution in [0.5, 0.6) is 0 Å². The maximum absolute atomic E-state index is 12.4. The summed E-state index contributed by atoms with van der Waals surface area (Å²) in [7, 11) is 0. The maximum Gasteiger partial charge on any atom is 0.336 e. The van der Waals surface area contributed by atoms with Crippen molar-refractivity contribution in [3.05, 3.63) is 47.6 Å². The van der Waals surface area contributed by atoms with Crippen LogP contribution >= 0.6 is 0 Å². The number of hydrogen-bond acceptors (Lipinski definition) is 6. The molecule has 0 aromatic heterocycles. The van der Waals surface area contributed by atoms with Gasteiger partial charge in [-0.05, 0) is 26.8 Å². The predicted octanol–water partition coefficient (Wildman–Crippen LogP) is 2.00. The van der Waals surface area contributed by atoms with Crippen molar-refractivity contribution in [3.63, 3.8) is 0 Å². The predicted molar refractivity (Wildman–Crippen MR) is 94.0 cm³/mol. The van der Waals surface area contributed by atoms with E-state index in [0.29, 0.717) is 6.42 Å². The zero-order chi connectivity index (χ0) is 19.1. The van der Waals surface area contributed by atoms with Gasteiger partial charge in [-0.2, -0.15) is 0 Å².